The third kappa shape index (κ3) is 6.56. The predicted octanol–water partition coefficient (Wildman–Crippen LogP) is 2.84. The van der Waals surface area contributed by atoms with Crippen LogP contribution in [0.25, 0.3) is 0 Å². The average molecular weight is 437 g/mol. The minimum absolute atomic E-state index is 0.0199. The third-order valence-corrected chi connectivity index (χ3v) is 6.01. The Kier molecular flexibility index (Phi) is 7.87. The Labute approximate surface area is 178 Å². The number of hydrogen-bond acceptors (Lipinski definition) is 5. The lowest BCUT2D eigenvalue weighted by molar-refractivity contribution is -0.135. The van der Waals surface area contributed by atoms with Crippen LogP contribution in [0, 0.1) is 17.6 Å². The van der Waals surface area contributed by atoms with Crippen LogP contribution in [0.1, 0.15) is 36.3 Å². The van der Waals surface area contributed by atoms with Crippen LogP contribution >= 0.6 is 11.3 Å². The van der Waals surface area contributed by atoms with Gasteiger partial charge in [-0.05, 0) is 30.5 Å². The van der Waals surface area contributed by atoms with Crippen LogP contribution in [0.15, 0.2) is 29.8 Å². The van der Waals surface area contributed by atoms with Crippen molar-refractivity contribution in [2.45, 2.75) is 44.8 Å². The molecule has 2 amide bonds. The standard InChI is InChI=1S/C21H26F2N4O2S/c1-27-13-18(25-12-19-24-5-6-30-19)4-2-3-15(9-20(27)28)21(29)26-11-14-7-16(22)10-17(23)8-14/h5-8,10,15,18,25H,2-4,9,11-13H2,1H3,(H,26,29)/t15-,18-/m1/s1. The number of halogens is 2. The van der Waals surface area contributed by atoms with Crippen molar-refractivity contribution in [1.29, 1.82) is 0 Å². The van der Waals surface area contributed by atoms with Crippen molar-refractivity contribution >= 4 is 23.2 Å². The summed E-state index contributed by atoms with van der Waals surface area (Å²) in [5, 5.41) is 9.09. The molecule has 6 nitrogen and oxygen atoms in total. The van der Waals surface area contributed by atoms with Crippen molar-refractivity contribution < 1.29 is 18.4 Å². The van der Waals surface area contributed by atoms with Gasteiger partial charge in [-0.3, -0.25) is 9.59 Å². The van der Waals surface area contributed by atoms with E-state index in [9.17, 15) is 18.4 Å². The van der Waals surface area contributed by atoms with E-state index < -0.39 is 17.6 Å². The van der Waals surface area contributed by atoms with Crippen molar-refractivity contribution in [3.05, 3.63) is 52.0 Å². The molecule has 1 aliphatic rings. The van der Waals surface area contributed by atoms with E-state index >= 15 is 0 Å². The number of likely N-dealkylation sites (N-methyl/N-ethyl adjacent to an activating group) is 1. The van der Waals surface area contributed by atoms with Gasteiger partial charge in [0.05, 0.1) is 0 Å². The summed E-state index contributed by atoms with van der Waals surface area (Å²) in [5.74, 6) is -2.19. The molecule has 9 heteroatoms. The molecular formula is C21H26F2N4O2S. The van der Waals surface area contributed by atoms with Gasteiger partial charge in [0.25, 0.3) is 0 Å². The van der Waals surface area contributed by atoms with Crippen molar-refractivity contribution in [2.75, 3.05) is 13.6 Å². The molecule has 2 N–H and O–H groups in total. The number of carbonyl (C=O) groups is 2. The fraction of sp³-hybridized carbons (Fsp3) is 0.476. The van der Waals surface area contributed by atoms with Gasteiger partial charge in [-0.25, -0.2) is 13.8 Å². The second kappa shape index (κ2) is 10.6. The summed E-state index contributed by atoms with van der Waals surface area (Å²) in [7, 11) is 1.75. The number of aromatic nitrogens is 1. The zero-order valence-corrected chi connectivity index (χ0v) is 17.7. The van der Waals surface area contributed by atoms with E-state index in [4.69, 9.17) is 0 Å². The Hall–Kier alpha value is -2.39. The molecule has 0 spiro atoms. The predicted molar refractivity (Wildman–Crippen MR) is 111 cm³/mol. The van der Waals surface area contributed by atoms with Gasteiger partial charge in [-0.1, -0.05) is 6.42 Å². The Morgan fingerprint density at radius 3 is 2.70 bits per heavy atom. The van der Waals surface area contributed by atoms with E-state index in [0.29, 0.717) is 25.1 Å². The van der Waals surface area contributed by atoms with Crippen LogP contribution in [0.5, 0.6) is 0 Å². The lowest BCUT2D eigenvalue weighted by Crippen LogP contribution is -2.41. The van der Waals surface area contributed by atoms with Crippen molar-refractivity contribution in [1.82, 2.24) is 20.5 Å². The van der Waals surface area contributed by atoms with E-state index in [1.165, 1.54) is 12.1 Å². The van der Waals surface area contributed by atoms with Gasteiger partial charge in [0.15, 0.2) is 0 Å². The Balaban J connectivity index is 1.55. The van der Waals surface area contributed by atoms with Gasteiger partial charge >= 0.3 is 0 Å². The maximum Gasteiger partial charge on any atom is 0.223 e. The van der Waals surface area contributed by atoms with Gasteiger partial charge in [-0.15, -0.1) is 11.3 Å². The third-order valence-electron chi connectivity index (χ3n) is 5.23. The van der Waals surface area contributed by atoms with Crippen LogP contribution in [-0.4, -0.2) is 41.3 Å². The van der Waals surface area contributed by atoms with Crippen LogP contribution < -0.4 is 10.6 Å². The molecule has 3 rings (SSSR count). The van der Waals surface area contributed by atoms with Crippen LogP contribution in [0.3, 0.4) is 0 Å². The number of thiazole rings is 1. The second-order valence-corrected chi connectivity index (χ2v) is 8.58. The molecule has 0 bridgehead atoms. The van der Waals surface area contributed by atoms with E-state index in [1.54, 1.807) is 29.5 Å². The molecule has 0 aliphatic carbocycles. The molecule has 2 heterocycles. The molecule has 1 aromatic carbocycles. The number of hydrogen-bond donors (Lipinski definition) is 2. The quantitative estimate of drug-likeness (QED) is 0.730. The largest absolute Gasteiger partial charge is 0.352 e. The van der Waals surface area contributed by atoms with Gasteiger partial charge in [-0.2, -0.15) is 0 Å². The van der Waals surface area contributed by atoms with Crippen molar-refractivity contribution in [3.8, 4) is 0 Å². The van der Waals surface area contributed by atoms with Gasteiger partial charge in [0.1, 0.15) is 16.6 Å². The maximum atomic E-state index is 13.3. The summed E-state index contributed by atoms with van der Waals surface area (Å²) >= 11 is 1.58. The molecule has 1 saturated heterocycles. The van der Waals surface area contributed by atoms with E-state index in [2.05, 4.69) is 15.6 Å². The molecule has 1 fully saturated rings. The van der Waals surface area contributed by atoms with Gasteiger partial charge in [0.2, 0.25) is 11.8 Å². The monoisotopic (exact) mass is 436 g/mol. The fourth-order valence-electron chi connectivity index (χ4n) is 3.61. The maximum absolute atomic E-state index is 13.3. The highest BCUT2D eigenvalue weighted by Gasteiger charge is 2.27. The first-order valence-corrected chi connectivity index (χ1v) is 10.9. The molecule has 30 heavy (non-hydrogen) atoms. The molecule has 162 valence electrons. The smallest absolute Gasteiger partial charge is 0.223 e. The summed E-state index contributed by atoms with van der Waals surface area (Å²) in [6.07, 6.45) is 4.10. The summed E-state index contributed by atoms with van der Waals surface area (Å²) in [5.41, 5.74) is 0.346. The molecule has 0 unspecified atom stereocenters. The normalized spacial score (nSPS) is 20.4. The molecule has 2 aromatic rings. The molecule has 1 aromatic heterocycles. The Morgan fingerprint density at radius 1 is 1.23 bits per heavy atom. The first-order valence-electron chi connectivity index (χ1n) is 9.99. The minimum Gasteiger partial charge on any atom is -0.352 e. The molecular weight excluding hydrogens is 410 g/mol. The molecule has 0 saturated carbocycles. The number of nitrogens with zero attached hydrogens (tertiary/aromatic N) is 2. The van der Waals surface area contributed by atoms with Crippen molar-refractivity contribution in [3.63, 3.8) is 0 Å². The zero-order valence-electron chi connectivity index (χ0n) is 16.9. The molecule has 2 atom stereocenters. The summed E-state index contributed by atoms with van der Waals surface area (Å²) in [4.78, 5) is 31.1. The highest BCUT2D eigenvalue weighted by Crippen LogP contribution is 2.19. The number of amides is 2. The van der Waals surface area contributed by atoms with Gasteiger partial charge in [0, 0.05) is 62.7 Å². The zero-order chi connectivity index (χ0) is 21.5. The topological polar surface area (TPSA) is 74.3 Å². The van der Waals surface area contributed by atoms with Crippen LogP contribution in [0.2, 0.25) is 0 Å². The lowest BCUT2D eigenvalue weighted by atomic mass is 9.96. The number of nitrogens with one attached hydrogen (secondary N) is 2. The summed E-state index contributed by atoms with van der Waals surface area (Å²) in [6.45, 7) is 1.24. The Morgan fingerprint density at radius 2 is 2.00 bits per heavy atom. The molecule has 0 radical (unpaired) electrons. The van der Waals surface area contributed by atoms with E-state index in [1.807, 2.05) is 5.38 Å². The van der Waals surface area contributed by atoms with Crippen LogP contribution in [0.4, 0.5) is 8.78 Å². The summed E-state index contributed by atoms with van der Waals surface area (Å²) < 4.78 is 26.6. The van der Waals surface area contributed by atoms with E-state index in [-0.39, 0.29) is 30.8 Å². The van der Waals surface area contributed by atoms with Gasteiger partial charge < -0.3 is 15.5 Å². The highest BCUT2D eigenvalue weighted by atomic mass is 32.1. The first kappa shape index (κ1) is 22.3. The summed E-state index contributed by atoms with van der Waals surface area (Å²) in [6, 6.07) is 3.28. The number of carbonyl (C=O) groups excluding carboxylic acids is 2. The first-order chi connectivity index (χ1) is 14.4. The highest BCUT2D eigenvalue weighted by molar-refractivity contribution is 7.09. The second-order valence-electron chi connectivity index (χ2n) is 7.61. The fourth-order valence-corrected chi connectivity index (χ4v) is 4.18. The molecule has 1 aliphatic heterocycles. The minimum atomic E-state index is -0.685. The lowest BCUT2D eigenvalue weighted by Gasteiger charge is -2.24. The Bertz CT molecular complexity index is 842. The number of benzene rings is 1. The average Bonchev–Trinajstić information content (AvgIpc) is 3.22. The SMILES string of the molecule is CN1C[C@H](NCc2nccs2)CCC[C@@H](C(=O)NCc2cc(F)cc(F)c2)CC1=O. The van der Waals surface area contributed by atoms with E-state index in [0.717, 1.165) is 23.9 Å². The number of rotatable bonds is 6. The van der Waals surface area contributed by atoms with Crippen LogP contribution in [-0.2, 0) is 22.7 Å². The van der Waals surface area contributed by atoms with Crippen molar-refractivity contribution in [2.24, 2.45) is 5.92 Å².